The Morgan fingerprint density at radius 3 is 2.73 bits per heavy atom. The van der Waals surface area contributed by atoms with Crippen molar-refractivity contribution in [2.45, 2.75) is 32.9 Å². The van der Waals surface area contributed by atoms with Crippen LogP contribution >= 0.6 is 0 Å². The smallest absolute Gasteiger partial charge is 0.322 e. The first kappa shape index (κ1) is 11.8. The van der Waals surface area contributed by atoms with Gasteiger partial charge in [0.1, 0.15) is 17.6 Å². The van der Waals surface area contributed by atoms with Gasteiger partial charge in [0, 0.05) is 6.42 Å². The van der Waals surface area contributed by atoms with Crippen molar-refractivity contribution in [3.63, 3.8) is 0 Å². The van der Waals surface area contributed by atoms with Crippen molar-refractivity contribution in [3.8, 4) is 0 Å². The Labute approximate surface area is 89.6 Å². The summed E-state index contributed by atoms with van der Waals surface area (Å²) >= 11 is 0. The van der Waals surface area contributed by atoms with Crippen molar-refractivity contribution in [2.75, 3.05) is 7.11 Å². The van der Waals surface area contributed by atoms with Crippen LogP contribution in [0.4, 0.5) is 0 Å². The fourth-order valence-corrected chi connectivity index (χ4v) is 1.22. The van der Waals surface area contributed by atoms with Crippen molar-refractivity contribution in [1.82, 2.24) is 5.32 Å². The molecule has 1 aromatic heterocycles. The minimum Gasteiger partial charge on any atom is -0.468 e. The van der Waals surface area contributed by atoms with E-state index in [0.717, 1.165) is 17.9 Å². The number of ether oxygens (including phenoxy) is 1. The second-order valence-corrected chi connectivity index (χ2v) is 3.35. The van der Waals surface area contributed by atoms with Gasteiger partial charge in [0.15, 0.2) is 0 Å². The molecular formula is C11H17NO3. The Hall–Kier alpha value is -1.29. The molecule has 84 valence electrons. The lowest BCUT2D eigenvalue weighted by Crippen LogP contribution is -2.34. The van der Waals surface area contributed by atoms with Crippen LogP contribution in [0.1, 0.15) is 25.4 Å². The third-order valence-electron chi connectivity index (χ3n) is 2.20. The van der Waals surface area contributed by atoms with Gasteiger partial charge < -0.3 is 9.15 Å². The third-order valence-corrected chi connectivity index (χ3v) is 2.20. The number of methoxy groups -OCH3 is 1. The highest BCUT2D eigenvalue weighted by Crippen LogP contribution is 2.08. The lowest BCUT2D eigenvalue weighted by atomic mass is 10.3. The summed E-state index contributed by atoms with van der Waals surface area (Å²) < 4.78 is 10.1. The Balaban J connectivity index is 2.39. The number of hydrogen-bond acceptors (Lipinski definition) is 4. The summed E-state index contributed by atoms with van der Waals surface area (Å²) in [6, 6.07) is 3.54. The van der Waals surface area contributed by atoms with Crippen LogP contribution in [-0.4, -0.2) is 19.1 Å². The highest BCUT2D eigenvalue weighted by molar-refractivity contribution is 5.74. The second-order valence-electron chi connectivity index (χ2n) is 3.35. The molecule has 0 aromatic carbocycles. The average molecular weight is 211 g/mol. The number of esters is 1. The Morgan fingerprint density at radius 2 is 2.20 bits per heavy atom. The van der Waals surface area contributed by atoms with E-state index in [1.165, 1.54) is 7.11 Å². The second kappa shape index (κ2) is 5.56. The Morgan fingerprint density at radius 1 is 1.53 bits per heavy atom. The zero-order valence-corrected chi connectivity index (χ0v) is 9.37. The minimum atomic E-state index is -0.315. The van der Waals surface area contributed by atoms with E-state index in [0.29, 0.717) is 6.54 Å². The van der Waals surface area contributed by atoms with E-state index in [2.05, 4.69) is 10.1 Å². The Bertz CT molecular complexity index is 319. The first-order valence-electron chi connectivity index (χ1n) is 5.06. The van der Waals surface area contributed by atoms with Gasteiger partial charge in [-0.25, -0.2) is 0 Å². The van der Waals surface area contributed by atoms with Gasteiger partial charge in [-0.05, 0) is 19.1 Å². The van der Waals surface area contributed by atoms with Crippen molar-refractivity contribution in [2.24, 2.45) is 0 Å². The van der Waals surface area contributed by atoms with Crippen molar-refractivity contribution < 1.29 is 13.9 Å². The van der Waals surface area contributed by atoms with Crippen molar-refractivity contribution >= 4 is 5.97 Å². The number of furan rings is 1. The molecule has 0 radical (unpaired) electrons. The van der Waals surface area contributed by atoms with E-state index < -0.39 is 0 Å². The molecule has 0 saturated carbocycles. The van der Waals surface area contributed by atoms with E-state index in [9.17, 15) is 4.79 Å². The molecule has 1 aromatic rings. The summed E-state index contributed by atoms with van der Waals surface area (Å²) in [5.74, 6) is 1.53. The van der Waals surface area contributed by atoms with Crippen molar-refractivity contribution in [1.29, 1.82) is 0 Å². The van der Waals surface area contributed by atoms with Gasteiger partial charge in [-0.2, -0.15) is 0 Å². The first-order chi connectivity index (χ1) is 7.17. The monoisotopic (exact) mass is 211 g/mol. The van der Waals surface area contributed by atoms with Gasteiger partial charge >= 0.3 is 5.97 Å². The molecule has 4 nitrogen and oxygen atoms in total. The standard InChI is InChI=1S/C11H17NO3/c1-4-9-5-6-10(15-9)7-12-8(2)11(13)14-3/h5-6,8,12H,4,7H2,1-3H3/t8-/m0/s1. The highest BCUT2D eigenvalue weighted by atomic mass is 16.5. The average Bonchev–Trinajstić information content (AvgIpc) is 2.72. The molecule has 0 amide bonds. The van der Waals surface area contributed by atoms with Crippen LogP contribution in [0.5, 0.6) is 0 Å². The number of carbonyl (C=O) groups excluding carboxylic acids is 1. The van der Waals surface area contributed by atoms with Crippen LogP contribution in [0.2, 0.25) is 0 Å². The molecule has 0 spiro atoms. The maximum atomic E-state index is 11.1. The summed E-state index contributed by atoms with van der Waals surface area (Å²) in [5.41, 5.74) is 0. The SMILES string of the molecule is CCc1ccc(CN[C@@H](C)C(=O)OC)o1. The predicted molar refractivity (Wildman–Crippen MR) is 56.4 cm³/mol. The van der Waals surface area contributed by atoms with Gasteiger partial charge in [0.2, 0.25) is 0 Å². The quantitative estimate of drug-likeness (QED) is 0.750. The number of nitrogens with one attached hydrogen (secondary N) is 1. The van der Waals surface area contributed by atoms with Gasteiger partial charge in [-0.3, -0.25) is 10.1 Å². The van der Waals surface area contributed by atoms with E-state index in [-0.39, 0.29) is 12.0 Å². The fraction of sp³-hybridized carbons (Fsp3) is 0.545. The van der Waals surface area contributed by atoms with Crippen LogP contribution < -0.4 is 5.32 Å². The fourth-order valence-electron chi connectivity index (χ4n) is 1.22. The molecule has 0 aliphatic carbocycles. The number of carbonyl (C=O) groups is 1. The van der Waals surface area contributed by atoms with Gasteiger partial charge in [0.25, 0.3) is 0 Å². The largest absolute Gasteiger partial charge is 0.468 e. The molecule has 0 aliphatic heterocycles. The summed E-state index contributed by atoms with van der Waals surface area (Å²) in [7, 11) is 1.38. The van der Waals surface area contributed by atoms with Gasteiger partial charge in [-0.1, -0.05) is 6.92 Å². The van der Waals surface area contributed by atoms with Crippen LogP contribution in [0.3, 0.4) is 0 Å². The third kappa shape index (κ3) is 3.40. The van der Waals surface area contributed by atoms with Crippen LogP contribution in [0.25, 0.3) is 0 Å². The number of aryl methyl sites for hydroxylation is 1. The lowest BCUT2D eigenvalue weighted by molar-refractivity contribution is -0.142. The topological polar surface area (TPSA) is 51.5 Å². The lowest BCUT2D eigenvalue weighted by Gasteiger charge is -2.09. The number of hydrogen-bond donors (Lipinski definition) is 1. The molecule has 4 heteroatoms. The molecular weight excluding hydrogens is 194 g/mol. The summed E-state index contributed by atoms with van der Waals surface area (Å²) in [4.78, 5) is 11.1. The molecule has 0 fully saturated rings. The summed E-state index contributed by atoms with van der Waals surface area (Å²) in [6.45, 7) is 4.33. The molecule has 1 atom stereocenters. The Kier molecular flexibility index (Phi) is 4.37. The van der Waals surface area contributed by atoms with Crippen LogP contribution in [-0.2, 0) is 22.5 Å². The maximum Gasteiger partial charge on any atom is 0.322 e. The molecule has 1 heterocycles. The first-order valence-corrected chi connectivity index (χ1v) is 5.06. The van der Waals surface area contributed by atoms with E-state index >= 15 is 0 Å². The van der Waals surface area contributed by atoms with Crippen molar-refractivity contribution in [3.05, 3.63) is 23.7 Å². The summed E-state index contributed by atoms with van der Waals surface area (Å²) in [5, 5.41) is 3.02. The van der Waals surface area contributed by atoms with Gasteiger partial charge in [0.05, 0.1) is 13.7 Å². The van der Waals surface area contributed by atoms with E-state index in [1.54, 1.807) is 6.92 Å². The molecule has 15 heavy (non-hydrogen) atoms. The van der Waals surface area contributed by atoms with Gasteiger partial charge in [-0.15, -0.1) is 0 Å². The molecule has 0 saturated heterocycles. The predicted octanol–water partition coefficient (Wildman–Crippen LogP) is 1.49. The molecule has 1 N–H and O–H groups in total. The van der Waals surface area contributed by atoms with Crippen LogP contribution in [0, 0.1) is 0 Å². The minimum absolute atomic E-state index is 0.266. The van der Waals surface area contributed by atoms with Crippen LogP contribution in [0.15, 0.2) is 16.5 Å². The molecule has 0 aliphatic rings. The summed E-state index contributed by atoms with van der Waals surface area (Å²) in [6.07, 6.45) is 0.882. The number of rotatable bonds is 5. The maximum absolute atomic E-state index is 11.1. The molecule has 0 unspecified atom stereocenters. The zero-order chi connectivity index (χ0) is 11.3. The highest BCUT2D eigenvalue weighted by Gasteiger charge is 2.12. The zero-order valence-electron chi connectivity index (χ0n) is 9.37. The van der Waals surface area contributed by atoms with E-state index in [4.69, 9.17) is 4.42 Å². The normalized spacial score (nSPS) is 12.5. The molecule has 0 bridgehead atoms. The van der Waals surface area contributed by atoms with E-state index in [1.807, 2.05) is 19.1 Å². The molecule has 1 rings (SSSR count).